The molecular weight excluding hydrogens is 284 g/mol. The standard InChI is InChI=1S/C16H16N2O2S/c1-13-6-5-7-14(10-13)12-18(2)21(19,20)16-9-4-3-8-15(16)11-17/h3-10H,12H2,1-2H3. The molecule has 0 atom stereocenters. The maximum absolute atomic E-state index is 12.6. The van der Waals surface area contributed by atoms with Gasteiger partial charge in [0.15, 0.2) is 0 Å². The van der Waals surface area contributed by atoms with Gasteiger partial charge in [-0.25, -0.2) is 8.42 Å². The summed E-state index contributed by atoms with van der Waals surface area (Å²) >= 11 is 0. The van der Waals surface area contributed by atoms with E-state index in [1.165, 1.54) is 23.5 Å². The molecule has 2 rings (SSSR count). The summed E-state index contributed by atoms with van der Waals surface area (Å²) in [7, 11) is -2.16. The minimum Gasteiger partial charge on any atom is -0.207 e. The van der Waals surface area contributed by atoms with Gasteiger partial charge in [-0.05, 0) is 24.6 Å². The van der Waals surface area contributed by atoms with Crippen LogP contribution >= 0.6 is 0 Å². The maximum atomic E-state index is 12.6. The van der Waals surface area contributed by atoms with E-state index in [9.17, 15) is 8.42 Å². The Bertz CT molecular complexity index is 792. The largest absolute Gasteiger partial charge is 0.244 e. The average molecular weight is 300 g/mol. The molecule has 5 heteroatoms. The smallest absolute Gasteiger partial charge is 0.207 e. The summed E-state index contributed by atoms with van der Waals surface area (Å²) in [6, 6.07) is 15.8. The summed E-state index contributed by atoms with van der Waals surface area (Å²) in [5, 5.41) is 9.06. The number of nitrogens with zero attached hydrogens (tertiary/aromatic N) is 2. The van der Waals surface area contributed by atoms with Gasteiger partial charge in [0, 0.05) is 13.6 Å². The Kier molecular flexibility index (Phi) is 4.41. The van der Waals surface area contributed by atoms with Gasteiger partial charge in [-0.1, -0.05) is 42.0 Å². The summed E-state index contributed by atoms with van der Waals surface area (Å²) in [6.07, 6.45) is 0. The van der Waals surface area contributed by atoms with Crippen LogP contribution in [0.3, 0.4) is 0 Å². The molecule has 0 aliphatic carbocycles. The highest BCUT2D eigenvalue weighted by Gasteiger charge is 2.23. The second-order valence-corrected chi connectivity index (χ2v) is 6.87. The molecule has 0 bridgehead atoms. The maximum Gasteiger partial charge on any atom is 0.244 e. The van der Waals surface area contributed by atoms with Crippen LogP contribution < -0.4 is 0 Å². The predicted molar refractivity (Wildman–Crippen MR) is 81.0 cm³/mol. The van der Waals surface area contributed by atoms with Crippen LogP contribution in [0, 0.1) is 18.3 Å². The number of nitriles is 1. The molecule has 0 aliphatic rings. The zero-order valence-electron chi connectivity index (χ0n) is 11.9. The fraction of sp³-hybridized carbons (Fsp3) is 0.188. The SMILES string of the molecule is Cc1cccc(CN(C)S(=O)(=O)c2ccccc2C#N)c1. The highest BCUT2D eigenvalue weighted by atomic mass is 32.2. The molecule has 0 aromatic heterocycles. The van der Waals surface area contributed by atoms with Gasteiger partial charge < -0.3 is 0 Å². The lowest BCUT2D eigenvalue weighted by molar-refractivity contribution is 0.466. The Morgan fingerprint density at radius 2 is 1.86 bits per heavy atom. The van der Waals surface area contributed by atoms with E-state index in [2.05, 4.69) is 0 Å². The molecule has 0 heterocycles. The number of hydrogen-bond acceptors (Lipinski definition) is 3. The van der Waals surface area contributed by atoms with E-state index < -0.39 is 10.0 Å². The number of hydrogen-bond donors (Lipinski definition) is 0. The molecule has 0 aliphatic heterocycles. The zero-order chi connectivity index (χ0) is 15.5. The zero-order valence-corrected chi connectivity index (χ0v) is 12.8. The van der Waals surface area contributed by atoms with Crippen LogP contribution in [-0.2, 0) is 16.6 Å². The van der Waals surface area contributed by atoms with Gasteiger partial charge in [0.2, 0.25) is 10.0 Å². The van der Waals surface area contributed by atoms with E-state index in [1.807, 2.05) is 37.3 Å². The topological polar surface area (TPSA) is 61.2 Å². The van der Waals surface area contributed by atoms with Crippen molar-refractivity contribution in [3.05, 3.63) is 65.2 Å². The summed E-state index contributed by atoms with van der Waals surface area (Å²) < 4.78 is 26.4. The molecular formula is C16H16N2O2S. The molecule has 0 N–H and O–H groups in total. The highest BCUT2D eigenvalue weighted by molar-refractivity contribution is 7.89. The number of benzene rings is 2. The molecule has 21 heavy (non-hydrogen) atoms. The van der Waals surface area contributed by atoms with Crippen molar-refractivity contribution in [2.75, 3.05) is 7.05 Å². The van der Waals surface area contributed by atoms with Crippen molar-refractivity contribution in [2.45, 2.75) is 18.4 Å². The average Bonchev–Trinajstić information content (AvgIpc) is 2.47. The molecule has 108 valence electrons. The quantitative estimate of drug-likeness (QED) is 0.872. The van der Waals surface area contributed by atoms with E-state index in [0.717, 1.165) is 11.1 Å². The number of aryl methyl sites for hydroxylation is 1. The molecule has 2 aromatic rings. The molecule has 0 fully saturated rings. The lowest BCUT2D eigenvalue weighted by atomic mass is 10.1. The minimum absolute atomic E-state index is 0.0441. The Morgan fingerprint density at radius 3 is 2.52 bits per heavy atom. The van der Waals surface area contributed by atoms with Crippen molar-refractivity contribution >= 4 is 10.0 Å². The first kappa shape index (κ1) is 15.2. The molecule has 0 radical (unpaired) electrons. The summed E-state index contributed by atoms with van der Waals surface area (Å²) in [6.45, 7) is 2.23. The fourth-order valence-corrected chi connectivity index (χ4v) is 3.40. The van der Waals surface area contributed by atoms with Crippen molar-refractivity contribution < 1.29 is 8.42 Å². The van der Waals surface area contributed by atoms with Crippen LogP contribution in [0.25, 0.3) is 0 Å². The van der Waals surface area contributed by atoms with Crippen LogP contribution in [0.4, 0.5) is 0 Å². The van der Waals surface area contributed by atoms with Crippen molar-refractivity contribution in [3.8, 4) is 6.07 Å². The van der Waals surface area contributed by atoms with Crippen LogP contribution in [0.15, 0.2) is 53.4 Å². The lowest BCUT2D eigenvalue weighted by Gasteiger charge is -2.18. The first-order chi connectivity index (χ1) is 9.95. The van der Waals surface area contributed by atoms with Crippen molar-refractivity contribution in [3.63, 3.8) is 0 Å². The first-order valence-electron chi connectivity index (χ1n) is 6.46. The number of sulfonamides is 1. The monoisotopic (exact) mass is 300 g/mol. The number of rotatable bonds is 4. The van der Waals surface area contributed by atoms with Gasteiger partial charge in [0.1, 0.15) is 6.07 Å². The molecule has 2 aromatic carbocycles. The minimum atomic E-state index is -3.68. The molecule has 4 nitrogen and oxygen atoms in total. The third kappa shape index (κ3) is 3.30. The Morgan fingerprint density at radius 1 is 1.14 bits per heavy atom. The summed E-state index contributed by atoms with van der Waals surface area (Å²) in [5.41, 5.74) is 2.15. The molecule has 0 amide bonds. The van der Waals surface area contributed by atoms with E-state index in [-0.39, 0.29) is 17.0 Å². The first-order valence-corrected chi connectivity index (χ1v) is 7.90. The van der Waals surface area contributed by atoms with Crippen molar-refractivity contribution in [2.24, 2.45) is 0 Å². The van der Waals surface area contributed by atoms with Gasteiger partial charge >= 0.3 is 0 Å². The Balaban J connectivity index is 2.33. The van der Waals surface area contributed by atoms with Crippen molar-refractivity contribution in [1.29, 1.82) is 5.26 Å². The van der Waals surface area contributed by atoms with Crippen LogP contribution in [0.2, 0.25) is 0 Å². The van der Waals surface area contributed by atoms with E-state index in [0.29, 0.717) is 0 Å². The van der Waals surface area contributed by atoms with E-state index in [4.69, 9.17) is 5.26 Å². The van der Waals surface area contributed by atoms with Crippen molar-refractivity contribution in [1.82, 2.24) is 4.31 Å². The second-order valence-electron chi connectivity index (χ2n) is 4.86. The lowest BCUT2D eigenvalue weighted by Crippen LogP contribution is -2.27. The molecule has 0 saturated heterocycles. The van der Waals surface area contributed by atoms with Gasteiger partial charge in [-0.15, -0.1) is 0 Å². The molecule has 0 saturated carbocycles. The highest BCUT2D eigenvalue weighted by Crippen LogP contribution is 2.20. The van der Waals surface area contributed by atoms with Gasteiger partial charge in [-0.3, -0.25) is 0 Å². The van der Waals surface area contributed by atoms with Gasteiger partial charge in [0.05, 0.1) is 10.5 Å². The van der Waals surface area contributed by atoms with Crippen LogP contribution in [0.1, 0.15) is 16.7 Å². The fourth-order valence-electron chi connectivity index (χ4n) is 2.10. The Hall–Kier alpha value is -2.16. The summed E-state index contributed by atoms with van der Waals surface area (Å²) in [5.74, 6) is 0. The molecule has 0 spiro atoms. The third-order valence-corrected chi connectivity index (χ3v) is 5.05. The Labute approximate surface area is 125 Å². The predicted octanol–water partition coefficient (Wildman–Crippen LogP) is 2.69. The van der Waals surface area contributed by atoms with Gasteiger partial charge in [-0.2, -0.15) is 9.57 Å². The van der Waals surface area contributed by atoms with E-state index in [1.54, 1.807) is 12.1 Å². The summed E-state index contributed by atoms with van der Waals surface area (Å²) in [4.78, 5) is 0.0441. The second kappa shape index (κ2) is 6.08. The van der Waals surface area contributed by atoms with E-state index >= 15 is 0 Å². The van der Waals surface area contributed by atoms with Crippen LogP contribution in [0.5, 0.6) is 0 Å². The normalized spacial score (nSPS) is 11.3. The van der Waals surface area contributed by atoms with Gasteiger partial charge in [0.25, 0.3) is 0 Å². The third-order valence-electron chi connectivity index (χ3n) is 3.18. The van der Waals surface area contributed by atoms with Crippen LogP contribution in [-0.4, -0.2) is 19.8 Å². The molecule has 0 unspecified atom stereocenters.